The maximum atomic E-state index is 12.2. The summed E-state index contributed by atoms with van der Waals surface area (Å²) < 4.78 is 4.73. The molecule has 0 fully saturated rings. The third-order valence-electron chi connectivity index (χ3n) is 2.78. The van der Waals surface area contributed by atoms with E-state index in [0.29, 0.717) is 17.9 Å². The van der Waals surface area contributed by atoms with Gasteiger partial charge in [-0.25, -0.2) is 4.79 Å². The summed E-state index contributed by atoms with van der Waals surface area (Å²) in [6.07, 6.45) is 0.570. The van der Waals surface area contributed by atoms with Crippen LogP contribution in [0, 0.1) is 19.8 Å². The predicted octanol–water partition coefficient (Wildman–Crippen LogP) is 2.68. The monoisotopic (exact) mass is 283 g/mol. The summed E-state index contributed by atoms with van der Waals surface area (Å²) in [6, 6.07) is 1.26. The Morgan fingerprint density at radius 3 is 2.42 bits per heavy atom. The lowest BCUT2D eigenvalue weighted by molar-refractivity contribution is -0.143. The number of hydrogen-bond acceptors (Lipinski definition) is 4. The van der Waals surface area contributed by atoms with Crippen molar-refractivity contribution in [3.63, 3.8) is 0 Å². The fraction of sp³-hybridized carbons (Fsp3) is 0.571. The summed E-state index contributed by atoms with van der Waals surface area (Å²) >= 11 is 1.58. The van der Waals surface area contributed by atoms with Gasteiger partial charge >= 0.3 is 5.97 Å². The van der Waals surface area contributed by atoms with Crippen molar-refractivity contribution in [3.8, 4) is 0 Å². The van der Waals surface area contributed by atoms with E-state index in [1.807, 2.05) is 33.8 Å². The summed E-state index contributed by atoms with van der Waals surface area (Å²) in [4.78, 5) is 25.9. The minimum absolute atomic E-state index is 0.210. The molecule has 1 N–H and O–H groups in total. The number of ether oxygens (including phenoxy) is 1. The third kappa shape index (κ3) is 4.35. The normalized spacial score (nSPS) is 12.3. The number of hydrogen-bond donors (Lipinski definition) is 1. The number of methoxy groups -OCH3 is 1. The average Bonchev–Trinajstić information content (AvgIpc) is 2.66. The van der Waals surface area contributed by atoms with Crippen LogP contribution in [0.15, 0.2) is 6.07 Å². The molecule has 1 rings (SSSR count). The van der Waals surface area contributed by atoms with Crippen molar-refractivity contribution in [2.75, 3.05) is 7.11 Å². The van der Waals surface area contributed by atoms with Gasteiger partial charge in [0.1, 0.15) is 6.04 Å². The molecule has 0 aliphatic heterocycles. The van der Waals surface area contributed by atoms with E-state index in [0.717, 1.165) is 9.75 Å². The van der Waals surface area contributed by atoms with Crippen molar-refractivity contribution in [1.82, 2.24) is 5.32 Å². The summed E-state index contributed by atoms with van der Waals surface area (Å²) in [5.74, 6) is -0.306. The zero-order valence-electron chi connectivity index (χ0n) is 12.1. The van der Waals surface area contributed by atoms with E-state index >= 15 is 0 Å². The Kier molecular flexibility index (Phi) is 5.54. The van der Waals surface area contributed by atoms with Gasteiger partial charge in [0.15, 0.2) is 0 Å². The van der Waals surface area contributed by atoms with Crippen LogP contribution in [0.1, 0.15) is 40.4 Å². The Bertz CT molecular complexity index is 465. The number of esters is 1. The minimum atomic E-state index is -0.586. The lowest BCUT2D eigenvalue weighted by atomic mass is 10.0. The quantitative estimate of drug-likeness (QED) is 0.845. The summed E-state index contributed by atoms with van der Waals surface area (Å²) in [6.45, 7) is 7.87. The molecule has 1 amide bonds. The SMILES string of the molecule is COC(=O)C(CC(C)C)NC(=O)c1cc(C)sc1C. The Morgan fingerprint density at radius 2 is 2.00 bits per heavy atom. The molecule has 0 aliphatic rings. The molecule has 5 heteroatoms. The van der Waals surface area contributed by atoms with Gasteiger partial charge in [0.05, 0.1) is 12.7 Å². The van der Waals surface area contributed by atoms with E-state index in [2.05, 4.69) is 5.32 Å². The van der Waals surface area contributed by atoms with E-state index in [-0.39, 0.29) is 5.91 Å². The van der Waals surface area contributed by atoms with E-state index < -0.39 is 12.0 Å². The fourth-order valence-electron chi connectivity index (χ4n) is 1.92. The van der Waals surface area contributed by atoms with Crippen molar-refractivity contribution >= 4 is 23.2 Å². The Balaban J connectivity index is 2.81. The van der Waals surface area contributed by atoms with Crippen LogP contribution in [0.25, 0.3) is 0 Å². The zero-order valence-corrected chi connectivity index (χ0v) is 12.9. The first-order valence-electron chi connectivity index (χ1n) is 6.30. The number of amides is 1. The van der Waals surface area contributed by atoms with Gasteiger partial charge < -0.3 is 10.1 Å². The van der Waals surface area contributed by atoms with Crippen molar-refractivity contribution in [3.05, 3.63) is 21.4 Å². The second-order valence-corrected chi connectivity index (χ2v) is 6.47. The highest BCUT2D eigenvalue weighted by Gasteiger charge is 2.24. The predicted molar refractivity (Wildman–Crippen MR) is 76.5 cm³/mol. The standard InChI is InChI=1S/C14H21NO3S/c1-8(2)6-12(14(17)18-5)15-13(16)11-7-9(3)19-10(11)4/h7-8,12H,6H2,1-5H3,(H,15,16). The highest BCUT2D eigenvalue weighted by molar-refractivity contribution is 7.12. The molecule has 1 unspecified atom stereocenters. The van der Waals surface area contributed by atoms with Crippen LogP contribution >= 0.6 is 11.3 Å². The number of rotatable bonds is 5. The summed E-state index contributed by atoms with van der Waals surface area (Å²) in [5.41, 5.74) is 0.639. The first kappa shape index (κ1) is 15.7. The molecule has 19 heavy (non-hydrogen) atoms. The van der Waals surface area contributed by atoms with Crippen molar-refractivity contribution < 1.29 is 14.3 Å². The lowest BCUT2D eigenvalue weighted by Crippen LogP contribution is -2.42. The van der Waals surface area contributed by atoms with Gasteiger partial charge in [0, 0.05) is 9.75 Å². The molecule has 0 bridgehead atoms. The molecular weight excluding hydrogens is 262 g/mol. The van der Waals surface area contributed by atoms with Gasteiger partial charge in [-0.2, -0.15) is 0 Å². The molecule has 0 aliphatic carbocycles. The van der Waals surface area contributed by atoms with Crippen LogP contribution < -0.4 is 5.32 Å². The van der Waals surface area contributed by atoms with Crippen molar-refractivity contribution in [2.45, 2.75) is 40.2 Å². The molecule has 0 saturated carbocycles. The molecular formula is C14H21NO3S. The molecule has 1 atom stereocenters. The van der Waals surface area contributed by atoms with Gasteiger partial charge in [-0.1, -0.05) is 13.8 Å². The zero-order chi connectivity index (χ0) is 14.6. The van der Waals surface area contributed by atoms with E-state index in [4.69, 9.17) is 4.74 Å². The second kappa shape index (κ2) is 6.70. The Hall–Kier alpha value is -1.36. The van der Waals surface area contributed by atoms with Crippen LogP contribution in [0.5, 0.6) is 0 Å². The number of aryl methyl sites for hydroxylation is 2. The second-order valence-electron chi connectivity index (χ2n) is 5.01. The number of carbonyl (C=O) groups excluding carboxylic acids is 2. The molecule has 0 radical (unpaired) electrons. The topological polar surface area (TPSA) is 55.4 Å². The molecule has 4 nitrogen and oxygen atoms in total. The van der Waals surface area contributed by atoms with Gasteiger partial charge in [-0.05, 0) is 32.3 Å². The first-order chi connectivity index (χ1) is 8.85. The third-order valence-corrected chi connectivity index (χ3v) is 3.75. The van der Waals surface area contributed by atoms with Gasteiger partial charge in [-0.15, -0.1) is 11.3 Å². The average molecular weight is 283 g/mol. The fourth-order valence-corrected chi connectivity index (χ4v) is 2.84. The number of thiophene rings is 1. The molecule has 1 aromatic heterocycles. The number of carbonyl (C=O) groups is 2. The highest BCUT2D eigenvalue weighted by Crippen LogP contribution is 2.20. The van der Waals surface area contributed by atoms with Gasteiger partial charge in [-0.3, -0.25) is 4.79 Å². The molecule has 106 valence electrons. The van der Waals surface area contributed by atoms with E-state index in [1.54, 1.807) is 11.3 Å². The molecule has 0 aromatic carbocycles. The molecule has 1 aromatic rings. The maximum Gasteiger partial charge on any atom is 0.328 e. The van der Waals surface area contributed by atoms with Gasteiger partial charge in [0.25, 0.3) is 5.91 Å². The van der Waals surface area contributed by atoms with Crippen molar-refractivity contribution in [2.24, 2.45) is 5.92 Å². The minimum Gasteiger partial charge on any atom is -0.467 e. The molecule has 1 heterocycles. The molecule has 0 saturated heterocycles. The Morgan fingerprint density at radius 1 is 1.37 bits per heavy atom. The summed E-state index contributed by atoms with van der Waals surface area (Å²) in [5, 5.41) is 2.76. The molecule has 0 spiro atoms. The van der Waals surface area contributed by atoms with Crippen LogP contribution in [-0.4, -0.2) is 25.0 Å². The maximum absolute atomic E-state index is 12.2. The van der Waals surface area contributed by atoms with Crippen LogP contribution in [-0.2, 0) is 9.53 Å². The van der Waals surface area contributed by atoms with Crippen LogP contribution in [0.3, 0.4) is 0 Å². The van der Waals surface area contributed by atoms with Gasteiger partial charge in [0.2, 0.25) is 0 Å². The smallest absolute Gasteiger partial charge is 0.328 e. The largest absolute Gasteiger partial charge is 0.467 e. The first-order valence-corrected chi connectivity index (χ1v) is 7.12. The lowest BCUT2D eigenvalue weighted by Gasteiger charge is -2.18. The van der Waals surface area contributed by atoms with Crippen molar-refractivity contribution in [1.29, 1.82) is 0 Å². The Labute approximate surface area is 118 Å². The number of nitrogens with one attached hydrogen (secondary N) is 1. The van der Waals surface area contributed by atoms with Crippen LogP contribution in [0.2, 0.25) is 0 Å². The van der Waals surface area contributed by atoms with E-state index in [1.165, 1.54) is 7.11 Å². The van der Waals surface area contributed by atoms with Crippen LogP contribution in [0.4, 0.5) is 0 Å². The summed E-state index contributed by atoms with van der Waals surface area (Å²) in [7, 11) is 1.34. The van der Waals surface area contributed by atoms with E-state index in [9.17, 15) is 9.59 Å². The highest BCUT2D eigenvalue weighted by atomic mass is 32.1.